The average Bonchev–Trinajstić information content (AvgIpc) is 2.88. The Morgan fingerprint density at radius 2 is 2.22 bits per heavy atom. The van der Waals surface area contributed by atoms with Gasteiger partial charge in [-0.3, -0.25) is 4.79 Å². The van der Waals surface area contributed by atoms with Crippen LogP contribution in [0.25, 0.3) is 0 Å². The maximum absolute atomic E-state index is 11.7. The molecule has 0 aliphatic rings. The zero-order valence-corrected chi connectivity index (χ0v) is 10.9. The summed E-state index contributed by atoms with van der Waals surface area (Å²) in [7, 11) is 1.61. The van der Waals surface area contributed by atoms with Gasteiger partial charge in [-0.25, -0.2) is 0 Å². The molecule has 0 saturated carbocycles. The third kappa shape index (κ3) is 2.81. The molecule has 18 heavy (non-hydrogen) atoms. The second kappa shape index (κ2) is 5.55. The summed E-state index contributed by atoms with van der Waals surface area (Å²) in [5.41, 5.74) is 8.92. The van der Waals surface area contributed by atoms with Gasteiger partial charge in [0.05, 0.1) is 5.56 Å². The highest BCUT2D eigenvalue weighted by atomic mass is 32.1. The quantitative estimate of drug-likeness (QED) is 0.740. The number of anilines is 2. The third-order valence-corrected chi connectivity index (χ3v) is 3.31. The van der Waals surface area contributed by atoms with Crippen LogP contribution in [0.2, 0.25) is 0 Å². The van der Waals surface area contributed by atoms with E-state index in [0.29, 0.717) is 17.8 Å². The van der Waals surface area contributed by atoms with E-state index in [1.807, 2.05) is 11.4 Å². The van der Waals surface area contributed by atoms with Crippen LogP contribution >= 0.6 is 11.3 Å². The average molecular weight is 261 g/mol. The number of nitrogens with two attached hydrogens (primary N) is 1. The minimum Gasteiger partial charge on any atom is -0.399 e. The van der Waals surface area contributed by atoms with Crippen molar-refractivity contribution < 1.29 is 4.79 Å². The Labute approximate surface area is 110 Å². The van der Waals surface area contributed by atoms with E-state index in [0.717, 1.165) is 5.69 Å². The third-order valence-electron chi connectivity index (χ3n) is 2.58. The fourth-order valence-corrected chi connectivity index (χ4v) is 2.30. The van der Waals surface area contributed by atoms with E-state index >= 15 is 0 Å². The molecule has 0 atom stereocenters. The highest BCUT2D eigenvalue weighted by Gasteiger charge is 2.09. The van der Waals surface area contributed by atoms with Crippen LogP contribution in [0.1, 0.15) is 15.9 Å². The zero-order chi connectivity index (χ0) is 13.0. The van der Waals surface area contributed by atoms with E-state index in [1.165, 1.54) is 5.56 Å². The Bertz CT molecular complexity index is 537. The van der Waals surface area contributed by atoms with E-state index in [9.17, 15) is 4.79 Å². The second-order valence-corrected chi connectivity index (χ2v) is 4.65. The molecule has 0 fully saturated rings. The van der Waals surface area contributed by atoms with Gasteiger partial charge in [0.2, 0.25) is 0 Å². The molecule has 2 rings (SSSR count). The van der Waals surface area contributed by atoms with Crippen molar-refractivity contribution in [2.45, 2.75) is 6.54 Å². The van der Waals surface area contributed by atoms with Gasteiger partial charge >= 0.3 is 0 Å². The standard InChI is InChI=1S/C13H15N3OS/c1-15-13(17)11-3-2-10(14)6-12(11)16-7-9-4-5-18-8-9/h2-6,8,16H,7,14H2,1H3,(H,15,17). The Morgan fingerprint density at radius 1 is 1.39 bits per heavy atom. The van der Waals surface area contributed by atoms with Gasteiger partial charge in [-0.2, -0.15) is 11.3 Å². The van der Waals surface area contributed by atoms with E-state index in [1.54, 1.807) is 36.6 Å². The van der Waals surface area contributed by atoms with Crippen LogP contribution in [-0.4, -0.2) is 13.0 Å². The summed E-state index contributed by atoms with van der Waals surface area (Å²) >= 11 is 1.65. The molecule has 0 aliphatic heterocycles. The van der Waals surface area contributed by atoms with Crippen molar-refractivity contribution in [2.75, 3.05) is 18.1 Å². The molecule has 0 aliphatic carbocycles. The largest absolute Gasteiger partial charge is 0.399 e. The molecule has 0 bridgehead atoms. The molecule has 0 spiro atoms. The lowest BCUT2D eigenvalue weighted by Gasteiger charge is -2.11. The van der Waals surface area contributed by atoms with Crippen LogP contribution in [0, 0.1) is 0 Å². The van der Waals surface area contributed by atoms with Crippen LogP contribution < -0.4 is 16.4 Å². The van der Waals surface area contributed by atoms with Crippen LogP contribution in [-0.2, 0) is 6.54 Å². The molecule has 4 nitrogen and oxygen atoms in total. The number of thiophene rings is 1. The van der Waals surface area contributed by atoms with Gasteiger partial charge in [0, 0.05) is 25.0 Å². The van der Waals surface area contributed by atoms with Crippen molar-refractivity contribution in [3.05, 3.63) is 46.2 Å². The predicted molar refractivity (Wildman–Crippen MR) is 75.9 cm³/mol. The topological polar surface area (TPSA) is 67.2 Å². The highest BCUT2D eigenvalue weighted by molar-refractivity contribution is 7.07. The zero-order valence-electron chi connectivity index (χ0n) is 10.1. The lowest BCUT2D eigenvalue weighted by atomic mass is 10.1. The molecule has 5 heteroatoms. The SMILES string of the molecule is CNC(=O)c1ccc(N)cc1NCc1ccsc1. The Morgan fingerprint density at radius 3 is 2.89 bits per heavy atom. The number of nitrogen functional groups attached to an aromatic ring is 1. The fraction of sp³-hybridized carbons (Fsp3) is 0.154. The van der Waals surface area contributed by atoms with Gasteiger partial charge in [0.1, 0.15) is 0 Å². The summed E-state index contributed by atoms with van der Waals surface area (Å²) in [5.74, 6) is -0.122. The molecule has 94 valence electrons. The summed E-state index contributed by atoms with van der Waals surface area (Å²) in [4.78, 5) is 11.7. The van der Waals surface area contributed by atoms with Crippen molar-refractivity contribution in [3.63, 3.8) is 0 Å². The van der Waals surface area contributed by atoms with Crippen LogP contribution in [0.5, 0.6) is 0 Å². The Hall–Kier alpha value is -2.01. The van der Waals surface area contributed by atoms with Crippen LogP contribution in [0.15, 0.2) is 35.0 Å². The number of nitrogens with one attached hydrogen (secondary N) is 2. The van der Waals surface area contributed by atoms with Gasteiger partial charge < -0.3 is 16.4 Å². The summed E-state index contributed by atoms with van der Waals surface area (Å²) in [6, 6.07) is 7.27. The first kappa shape index (κ1) is 12.4. The summed E-state index contributed by atoms with van der Waals surface area (Å²) in [6.45, 7) is 0.678. The molecule has 0 radical (unpaired) electrons. The second-order valence-electron chi connectivity index (χ2n) is 3.87. The first-order valence-corrected chi connectivity index (χ1v) is 6.51. The monoisotopic (exact) mass is 261 g/mol. The van der Waals surface area contributed by atoms with Gasteiger partial charge in [0.25, 0.3) is 5.91 Å². The summed E-state index contributed by atoms with van der Waals surface area (Å²) in [6.07, 6.45) is 0. The number of amides is 1. The normalized spacial score (nSPS) is 10.1. The number of carbonyl (C=O) groups excluding carboxylic acids is 1. The molecule has 1 heterocycles. The maximum atomic E-state index is 11.7. The van der Waals surface area contributed by atoms with Crippen molar-refractivity contribution in [3.8, 4) is 0 Å². The van der Waals surface area contributed by atoms with Gasteiger partial charge in [-0.1, -0.05) is 0 Å². The fourth-order valence-electron chi connectivity index (χ4n) is 1.63. The van der Waals surface area contributed by atoms with Gasteiger partial charge in [-0.05, 0) is 40.6 Å². The molecular formula is C13H15N3OS. The smallest absolute Gasteiger partial charge is 0.253 e. The first-order valence-electron chi connectivity index (χ1n) is 5.57. The van der Waals surface area contributed by atoms with E-state index in [2.05, 4.69) is 16.0 Å². The molecule has 0 saturated heterocycles. The molecular weight excluding hydrogens is 246 g/mol. The number of hydrogen-bond donors (Lipinski definition) is 3. The molecule has 2 aromatic rings. The number of rotatable bonds is 4. The minimum atomic E-state index is -0.122. The van der Waals surface area contributed by atoms with Crippen LogP contribution in [0.3, 0.4) is 0 Å². The lowest BCUT2D eigenvalue weighted by Crippen LogP contribution is -2.19. The molecule has 4 N–H and O–H groups in total. The van der Waals surface area contributed by atoms with Crippen molar-refractivity contribution >= 4 is 28.6 Å². The minimum absolute atomic E-state index is 0.122. The van der Waals surface area contributed by atoms with Crippen molar-refractivity contribution in [2.24, 2.45) is 0 Å². The Kier molecular flexibility index (Phi) is 3.84. The Balaban J connectivity index is 2.19. The van der Waals surface area contributed by atoms with E-state index in [4.69, 9.17) is 5.73 Å². The molecule has 1 amide bonds. The van der Waals surface area contributed by atoms with Crippen LogP contribution in [0.4, 0.5) is 11.4 Å². The maximum Gasteiger partial charge on any atom is 0.253 e. The molecule has 1 aromatic carbocycles. The van der Waals surface area contributed by atoms with Gasteiger partial charge in [-0.15, -0.1) is 0 Å². The predicted octanol–water partition coefficient (Wildman–Crippen LogP) is 2.30. The number of hydrogen-bond acceptors (Lipinski definition) is 4. The van der Waals surface area contributed by atoms with E-state index in [-0.39, 0.29) is 5.91 Å². The lowest BCUT2D eigenvalue weighted by molar-refractivity contribution is 0.0964. The summed E-state index contributed by atoms with van der Waals surface area (Å²) in [5, 5.41) is 9.95. The number of benzene rings is 1. The molecule has 0 unspecified atom stereocenters. The number of carbonyl (C=O) groups is 1. The molecule has 1 aromatic heterocycles. The van der Waals surface area contributed by atoms with Crippen molar-refractivity contribution in [1.29, 1.82) is 0 Å². The van der Waals surface area contributed by atoms with E-state index < -0.39 is 0 Å². The van der Waals surface area contributed by atoms with Gasteiger partial charge in [0.15, 0.2) is 0 Å². The van der Waals surface area contributed by atoms with Crippen molar-refractivity contribution in [1.82, 2.24) is 5.32 Å². The highest BCUT2D eigenvalue weighted by Crippen LogP contribution is 2.20. The first-order chi connectivity index (χ1) is 8.70. The summed E-state index contributed by atoms with van der Waals surface area (Å²) < 4.78 is 0.